The average Bonchev–Trinajstić information content (AvgIpc) is 3.25. The van der Waals surface area contributed by atoms with Crippen LogP contribution in [-0.4, -0.2) is 25.3 Å². The molecule has 118 valence electrons. The standard InChI is InChI=1S/C16H14N2O4S/c1-20-13-5-3-4-11(15(13)21-2)16(19)17-14-8-12(18-22-14)10-6-7-23-9-10/h3-9H,1-2H3,(H,17,19). The highest BCUT2D eigenvalue weighted by atomic mass is 32.1. The molecule has 0 saturated carbocycles. The van der Waals surface area contributed by atoms with Crippen LogP contribution in [0.2, 0.25) is 0 Å². The second-order valence-electron chi connectivity index (χ2n) is 4.58. The fourth-order valence-corrected chi connectivity index (χ4v) is 2.78. The quantitative estimate of drug-likeness (QED) is 0.772. The number of benzene rings is 1. The molecule has 0 fully saturated rings. The molecule has 1 N–H and O–H groups in total. The van der Waals surface area contributed by atoms with Gasteiger partial charge in [-0.05, 0) is 23.6 Å². The van der Waals surface area contributed by atoms with E-state index < -0.39 is 0 Å². The molecule has 0 aliphatic heterocycles. The van der Waals surface area contributed by atoms with Gasteiger partial charge in [-0.3, -0.25) is 10.1 Å². The first-order chi connectivity index (χ1) is 11.2. The van der Waals surface area contributed by atoms with Gasteiger partial charge in [0.1, 0.15) is 5.69 Å². The SMILES string of the molecule is COc1cccc(C(=O)Nc2cc(-c3ccsc3)no2)c1OC. The van der Waals surface area contributed by atoms with Crippen molar-refractivity contribution >= 4 is 23.1 Å². The summed E-state index contributed by atoms with van der Waals surface area (Å²) in [6.07, 6.45) is 0. The summed E-state index contributed by atoms with van der Waals surface area (Å²) < 4.78 is 15.6. The molecule has 3 rings (SSSR count). The van der Waals surface area contributed by atoms with Crippen LogP contribution in [0.4, 0.5) is 5.88 Å². The van der Waals surface area contributed by atoms with Crippen LogP contribution in [0.5, 0.6) is 11.5 Å². The number of carbonyl (C=O) groups excluding carboxylic acids is 1. The lowest BCUT2D eigenvalue weighted by atomic mass is 10.1. The maximum atomic E-state index is 12.4. The molecule has 3 aromatic rings. The lowest BCUT2D eigenvalue weighted by Gasteiger charge is -2.11. The summed E-state index contributed by atoms with van der Waals surface area (Å²) in [5.74, 6) is 0.747. The smallest absolute Gasteiger partial charge is 0.261 e. The van der Waals surface area contributed by atoms with Crippen LogP contribution in [0.15, 0.2) is 45.6 Å². The number of aromatic nitrogens is 1. The van der Waals surface area contributed by atoms with Gasteiger partial charge >= 0.3 is 0 Å². The molecule has 0 atom stereocenters. The van der Waals surface area contributed by atoms with E-state index in [1.54, 1.807) is 35.6 Å². The van der Waals surface area contributed by atoms with Crippen molar-refractivity contribution in [1.82, 2.24) is 5.16 Å². The van der Waals surface area contributed by atoms with E-state index in [1.165, 1.54) is 14.2 Å². The number of nitrogens with one attached hydrogen (secondary N) is 1. The number of ether oxygens (including phenoxy) is 2. The molecule has 0 bridgehead atoms. The Bertz CT molecular complexity index is 811. The van der Waals surface area contributed by atoms with Crippen LogP contribution < -0.4 is 14.8 Å². The van der Waals surface area contributed by atoms with Crippen LogP contribution in [0.3, 0.4) is 0 Å². The van der Waals surface area contributed by atoms with Crippen molar-refractivity contribution in [1.29, 1.82) is 0 Å². The Morgan fingerprint density at radius 2 is 2.13 bits per heavy atom. The predicted octanol–water partition coefficient (Wildman–Crippen LogP) is 3.67. The summed E-state index contributed by atoms with van der Waals surface area (Å²) in [5.41, 5.74) is 1.96. The van der Waals surface area contributed by atoms with Crippen molar-refractivity contribution in [3.8, 4) is 22.8 Å². The number of anilines is 1. The van der Waals surface area contributed by atoms with E-state index in [9.17, 15) is 4.79 Å². The first-order valence-electron chi connectivity index (χ1n) is 6.74. The highest BCUT2D eigenvalue weighted by Gasteiger charge is 2.18. The van der Waals surface area contributed by atoms with Gasteiger partial charge in [-0.15, -0.1) is 0 Å². The molecule has 0 aliphatic rings. The number of carbonyl (C=O) groups is 1. The maximum Gasteiger partial charge on any atom is 0.261 e. The van der Waals surface area contributed by atoms with E-state index >= 15 is 0 Å². The van der Waals surface area contributed by atoms with Gasteiger partial charge in [-0.25, -0.2) is 0 Å². The zero-order chi connectivity index (χ0) is 16.2. The summed E-state index contributed by atoms with van der Waals surface area (Å²) in [7, 11) is 3.00. The summed E-state index contributed by atoms with van der Waals surface area (Å²) in [4.78, 5) is 12.4. The molecule has 23 heavy (non-hydrogen) atoms. The zero-order valence-corrected chi connectivity index (χ0v) is 13.3. The lowest BCUT2D eigenvalue weighted by Crippen LogP contribution is -2.13. The van der Waals surface area contributed by atoms with Crippen LogP contribution in [0.1, 0.15) is 10.4 Å². The summed E-state index contributed by atoms with van der Waals surface area (Å²) in [5, 5.41) is 10.5. The Labute approximate surface area is 136 Å². The predicted molar refractivity (Wildman–Crippen MR) is 87.3 cm³/mol. The van der Waals surface area contributed by atoms with E-state index in [2.05, 4.69) is 10.5 Å². The second kappa shape index (κ2) is 6.53. The van der Waals surface area contributed by atoms with Crippen molar-refractivity contribution in [2.75, 3.05) is 19.5 Å². The molecule has 1 aromatic carbocycles. The third kappa shape index (κ3) is 3.04. The molecule has 7 heteroatoms. The lowest BCUT2D eigenvalue weighted by molar-refractivity contribution is 0.102. The van der Waals surface area contributed by atoms with Crippen molar-refractivity contribution in [3.63, 3.8) is 0 Å². The van der Waals surface area contributed by atoms with Crippen LogP contribution in [0, 0.1) is 0 Å². The van der Waals surface area contributed by atoms with Crippen LogP contribution in [0.25, 0.3) is 11.3 Å². The highest BCUT2D eigenvalue weighted by Crippen LogP contribution is 2.31. The Hall–Kier alpha value is -2.80. The van der Waals surface area contributed by atoms with Crippen molar-refractivity contribution in [3.05, 3.63) is 46.7 Å². The Morgan fingerprint density at radius 1 is 1.26 bits per heavy atom. The summed E-state index contributed by atoms with van der Waals surface area (Å²) in [6.45, 7) is 0. The minimum Gasteiger partial charge on any atom is -0.493 e. The van der Waals surface area contributed by atoms with Crippen molar-refractivity contribution in [2.24, 2.45) is 0 Å². The van der Waals surface area contributed by atoms with E-state index in [1.807, 2.05) is 16.8 Å². The molecule has 2 aromatic heterocycles. The van der Waals surface area contributed by atoms with Gasteiger partial charge in [0.15, 0.2) is 11.5 Å². The molecule has 0 saturated heterocycles. The van der Waals surface area contributed by atoms with Gasteiger partial charge < -0.3 is 14.0 Å². The first kappa shape index (κ1) is 15.1. The number of amides is 1. The zero-order valence-electron chi connectivity index (χ0n) is 12.5. The fourth-order valence-electron chi connectivity index (χ4n) is 2.13. The van der Waals surface area contributed by atoms with Gasteiger partial charge in [0, 0.05) is 17.0 Å². The Balaban J connectivity index is 1.83. The third-order valence-electron chi connectivity index (χ3n) is 3.21. The number of nitrogens with zero attached hydrogens (tertiary/aromatic N) is 1. The minimum atomic E-state index is -0.367. The number of methoxy groups -OCH3 is 2. The molecular formula is C16H14N2O4S. The first-order valence-corrected chi connectivity index (χ1v) is 7.69. The number of hydrogen-bond donors (Lipinski definition) is 1. The summed E-state index contributed by atoms with van der Waals surface area (Å²) >= 11 is 1.56. The Morgan fingerprint density at radius 3 is 2.83 bits per heavy atom. The normalized spacial score (nSPS) is 10.3. The van der Waals surface area contributed by atoms with E-state index in [-0.39, 0.29) is 11.8 Å². The average molecular weight is 330 g/mol. The number of rotatable bonds is 5. The monoisotopic (exact) mass is 330 g/mol. The van der Waals surface area contributed by atoms with Gasteiger partial charge in [0.25, 0.3) is 5.91 Å². The van der Waals surface area contributed by atoms with Crippen LogP contribution >= 0.6 is 11.3 Å². The number of thiophene rings is 1. The summed E-state index contributed by atoms with van der Waals surface area (Å²) in [6, 6.07) is 8.69. The van der Waals surface area contributed by atoms with Gasteiger partial charge in [0.2, 0.25) is 5.88 Å². The third-order valence-corrected chi connectivity index (χ3v) is 3.89. The topological polar surface area (TPSA) is 73.6 Å². The highest BCUT2D eigenvalue weighted by molar-refractivity contribution is 7.08. The molecule has 0 spiro atoms. The molecular weight excluding hydrogens is 316 g/mol. The van der Waals surface area contributed by atoms with Crippen molar-refractivity contribution in [2.45, 2.75) is 0 Å². The molecule has 0 aliphatic carbocycles. The molecule has 6 nitrogen and oxygen atoms in total. The number of para-hydroxylation sites is 1. The maximum absolute atomic E-state index is 12.4. The minimum absolute atomic E-state index is 0.265. The second-order valence-corrected chi connectivity index (χ2v) is 5.36. The molecule has 2 heterocycles. The van der Waals surface area contributed by atoms with Gasteiger partial charge in [0.05, 0.1) is 19.8 Å². The fraction of sp³-hybridized carbons (Fsp3) is 0.125. The van der Waals surface area contributed by atoms with Gasteiger partial charge in [-0.1, -0.05) is 11.2 Å². The van der Waals surface area contributed by atoms with Crippen molar-refractivity contribution < 1.29 is 18.8 Å². The number of hydrogen-bond acceptors (Lipinski definition) is 6. The van der Waals surface area contributed by atoms with E-state index in [4.69, 9.17) is 14.0 Å². The molecule has 0 radical (unpaired) electrons. The van der Waals surface area contributed by atoms with Crippen LogP contribution in [-0.2, 0) is 0 Å². The van der Waals surface area contributed by atoms with E-state index in [0.29, 0.717) is 22.8 Å². The molecule has 0 unspecified atom stereocenters. The van der Waals surface area contributed by atoms with E-state index in [0.717, 1.165) is 5.56 Å². The largest absolute Gasteiger partial charge is 0.493 e. The molecule has 1 amide bonds. The van der Waals surface area contributed by atoms with Gasteiger partial charge in [-0.2, -0.15) is 11.3 Å². The Kier molecular flexibility index (Phi) is 4.29.